The van der Waals surface area contributed by atoms with E-state index in [1.807, 2.05) is 18.2 Å². The van der Waals surface area contributed by atoms with E-state index >= 15 is 0 Å². The Hall–Kier alpha value is -0.750. The molecule has 0 heterocycles. The van der Waals surface area contributed by atoms with Crippen molar-refractivity contribution in [1.82, 2.24) is 0 Å². The molecule has 0 amide bonds. The van der Waals surface area contributed by atoms with Crippen LogP contribution < -0.4 is 0 Å². The summed E-state index contributed by atoms with van der Waals surface area (Å²) in [6.45, 7) is 4.18. The molecule has 0 spiro atoms. The summed E-state index contributed by atoms with van der Waals surface area (Å²) in [4.78, 5) is 0. The summed E-state index contributed by atoms with van der Waals surface area (Å²) >= 11 is 6.21. The highest BCUT2D eigenvalue weighted by molar-refractivity contribution is 6.20. The highest BCUT2D eigenvalue weighted by Crippen LogP contribution is 2.24. The van der Waals surface area contributed by atoms with Gasteiger partial charge in [0.15, 0.2) is 0 Å². The first-order valence-electron chi connectivity index (χ1n) is 4.52. The topological polar surface area (TPSA) is 0 Å². The minimum Gasteiger partial charge on any atom is -0.117 e. The van der Waals surface area contributed by atoms with E-state index < -0.39 is 0 Å². The molecule has 0 aliphatic heterocycles. The zero-order chi connectivity index (χ0) is 9.68. The van der Waals surface area contributed by atoms with Gasteiger partial charge in [-0.2, -0.15) is 0 Å². The number of benzene rings is 1. The molecule has 13 heavy (non-hydrogen) atoms. The van der Waals surface area contributed by atoms with Gasteiger partial charge in [0.25, 0.3) is 0 Å². The van der Waals surface area contributed by atoms with Gasteiger partial charge in [0, 0.05) is 0 Å². The van der Waals surface area contributed by atoms with Gasteiger partial charge in [-0.25, -0.2) is 0 Å². The quantitative estimate of drug-likeness (QED) is 0.497. The average Bonchev–Trinajstić information content (AvgIpc) is 2.15. The monoisotopic (exact) mass is 194 g/mol. The Morgan fingerprint density at radius 2 is 1.92 bits per heavy atom. The molecule has 1 aromatic rings. The molecule has 0 aromatic heterocycles. The first-order valence-corrected chi connectivity index (χ1v) is 4.96. The van der Waals surface area contributed by atoms with Crippen molar-refractivity contribution in [3.63, 3.8) is 0 Å². The van der Waals surface area contributed by atoms with Crippen LogP contribution in [0.1, 0.15) is 31.2 Å². The fourth-order valence-corrected chi connectivity index (χ4v) is 1.37. The van der Waals surface area contributed by atoms with E-state index in [2.05, 4.69) is 32.1 Å². The van der Waals surface area contributed by atoms with Crippen LogP contribution in [0.5, 0.6) is 0 Å². The van der Waals surface area contributed by atoms with E-state index in [4.69, 9.17) is 11.6 Å². The van der Waals surface area contributed by atoms with Crippen LogP contribution in [0.25, 0.3) is 0 Å². The molecule has 1 heteroatoms. The summed E-state index contributed by atoms with van der Waals surface area (Å²) in [7, 11) is 0. The lowest BCUT2D eigenvalue weighted by molar-refractivity contribution is 0.946. The first-order chi connectivity index (χ1) is 6.20. The maximum atomic E-state index is 6.21. The van der Waals surface area contributed by atoms with Crippen molar-refractivity contribution in [3.05, 3.63) is 47.5 Å². The van der Waals surface area contributed by atoms with E-state index in [-0.39, 0.29) is 5.38 Å². The Balaban J connectivity index is 2.59. The number of halogens is 1. The fraction of sp³-hybridized carbons (Fsp3) is 0.333. The highest BCUT2D eigenvalue weighted by Gasteiger charge is 2.03. The summed E-state index contributed by atoms with van der Waals surface area (Å²) < 4.78 is 0. The van der Waals surface area contributed by atoms with Crippen LogP contribution in [-0.2, 0) is 0 Å². The molecule has 0 radical (unpaired) electrons. The number of hydrogen-bond acceptors (Lipinski definition) is 0. The summed E-state index contributed by atoms with van der Waals surface area (Å²) in [5, 5.41) is 0.107. The van der Waals surface area contributed by atoms with Crippen LogP contribution in [0.2, 0.25) is 0 Å². The molecular formula is C12H15Cl. The van der Waals surface area contributed by atoms with Crippen LogP contribution >= 0.6 is 11.6 Å². The Bertz CT molecular complexity index is 270. The Kier molecular flexibility index (Phi) is 4.04. The Labute approximate surface area is 85.2 Å². The van der Waals surface area contributed by atoms with Crippen molar-refractivity contribution in [2.45, 2.75) is 25.6 Å². The lowest BCUT2D eigenvalue weighted by Gasteiger charge is -2.06. The fourth-order valence-electron chi connectivity index (χ4n) is 1.14. The van der Waals surface area contributed by atoms with Gasteiger partial charge in [-0.15, -0.1) is 11.6 Å². The summed E-state index contributed by atoms with van der Waals surface area (Å²) in [5.41, 5.74) is 2.52. The van der Waals surface area contributed by atoms with Crippen molar-refractivity contribution in [2.24, 2.45) is 0 Å². The van der Waals surface area contributed by atoms with Gasteiger partial charge in [-0.1, -0.05) is 42.0 Å². The van der Waals surface area contributed by atoms with E-state index in [0.717, 1.165) is 6.42 Å². The number of alkyl halides is 1. The molecule has 1 rings (SSSR count). The van der Waals surface area contributed by atoms with Gasteiger partial charge in [-0.05, 0) is 25.8 Å². The third-order valence-corrected chi connectivity index (χ3v) is 2.32. The second-order valence-corrected chi connectivity index (χ2v) is 3.92. The van der Waals surface area contributed by atoms with Crippen LogP contribution in [0, 0.1) is 0 Å². The van der Waals surface area contributed by atoms with Crippen molar-refractivity contribution in [1.29, 1.82) is 0 Å². The van der Waals surface area contributed by atoms with Gasteiger partial charge in [-0.3, -0.25) is 0 Å². The van der Waals surface area contributed by atoms with Crippen molar-refractivity contribution < 1.29 is 0 Å². The predicted molar refractivity (Wildman–Crippen MR) is 59.1 cm³/mol. The molecule has 0 aliphatic rings. The molecule has 0 bridgehead atoms. The van der Waals surface area contributed by atoms with Crippen molar-refractivity contribution in [3.8, 4) is 0 Å². The molecule has 0 saturated heterocycles. The molecule has 0 nitrogen and oxygen atoms in total. The molecule has 1 unspecified atom stereocenters. The van der Waals surface area contributed by atoms with Gasteiger partial charge >= 0.3 is 0 Å². The maximum Gasteiger partial charge on any atom is 0.0619 e. The first kappa shape index (κ1) is 10.3. The molecule has 0 fully saturated rings. The third-order valence-electron chi connectivity index (χ3n) is 1.89. The van der Waals surface area contributed by atoms with E-state index in [0.29, 0.717) is 0 Å². The molecule has 1 atom stereocenters. The summed E-state index contributed by atoms with van der Waals surface area (Å²) in [6, 6.07) is 10.2. The zero-order valence-electron chi connectivity index (χ0n) is 8.13. The summed E-state index contributed by atoms with van der Waals surface area (Å²) in [5.74, 6) is 0. The minimum absolute atomic E-state index is 0.107. The molecule has 1 aromatic carbocycles. The van der Waals surface area contributed by atoms with Gasteiger partial charge in [0.1, 0.15) is 0 Å². The number of rotatable bonds is 3. The number of hydrogen-bond donors (Lipinski definition) is 0. The molecule has 70 valence electrons. The van der Waals surface area contributed by atoms with Crippen LogP contribution in [-0.4, -0.2) is 0 Å². The predicted octanol–water partition coefficient (Wildman–Crippen LogP) is 4.32. The lowest BCUT2D eigenvalue weighted by atomic mass is 10.1. The minimum atomic E-state index is 0.107. The number of allylic oxidation sites excluding steroid dienone is 2. The molecule has 0 saturated carbocycles. The van der Waals surface area contributed by atoms with Gasteiger partial charge in [0.05, 0.1) is 5.38 Å². The van der Waals surface area contributed by atoms with Gasteiger partial charge < -0.3 is 0 Å². The SMILES string of the molecule is CC(C)=CCC(Cl)c1ccccc1. The van der Waals surface area contributed by atoms with Crippen LogP contribution in [0.4, 0.5) is 0 Å². The molecule has 0 N–H and O–H groups in total. The van der Waals surface area contributed by atoms with Crippen molar-refractivity contribution in [2.75, 3.05) is 0 Å². The normalized spacial score (nSPS) is 12.2. The molecular weight excluding hydrogens is 180 g/mol. The van der Waals surface area contributed by atoms with Crippen molar-refractivity contribution >= 4 is 11.6 Å². The Morgan fingerprint density at radius 1 is 1.31 bits per heavy atom. The zero-order valence-corrected chi connectivity index (χ0v) is 8.88. The smallest absolute Gasteiger partial charge is 0.0619 e. The van der Waals surface area contributed by atoms with Crippen LogP contribution in [0.3, 0.4) is 0 Å². The maximum absolute atomic E-state index is 6.21. The highest BCUT2D eigenvalue weighted by atomic mass is 35.5. The largest absolute Gasteiger partial charge is 0.117 e. The van der Waals surface area contributed by atoms with E-state index in [1.165, 1.54) is 11.1 Å². The third kappa shape index (κ3) is 3.65. The van der Waals surface area contributed by atoms with E-state index in [1.54, 1.807) is 0 Å². The molecule has 0 aliphatic carbocycles. The lowest BCUT2D eigenvalue weighted by Crippen LogP contribution is -1.87. The summed E-state index contributed by atoms with van der Waals surface area (Å²) in [6.07, 6.45) is 3.08. The van der Waals surface area contributed by atoms with E-state index in [9.17, 15) is 0 Å². The Morgan fingerprint density at radius 3 is 2.46 bits per heavy atom. The second-order valence-electron chi connectivity index (χ2n) is 3.40. The van der Waals surface area contributed by atoms with Gasteiger partial charge in [0.2, 0.25) is 0 Å². The van der Waals surface area contributed by atoms with Crippen LogP contribution in [0.15, 0.2) is 42.0 Å². The standard InChI is InChI=1S/C12H15Cl/c1-10(2)8-9-12(13)11-6-4-3-5-7-11/h3-8,12H,9H2,1-2H3. The average molecular weight is 195 g/mol. The second kappa shape index (κ2) is 5.08.